The second-order valence-electron chi connectivity index (χ2n) is 9.09. The molecule has 1 heterocycles. The molecule has 1 fully saturated rings. The maximum atomic E-state index is 11.7. The van der Waals surface area contributed by atoms with E-state index in [1.165, 1.54) is 32.1 Å². The Morgan fingerprint density at radius 1 is 1.03 bits per heavy atom. The number of oxazole rings is 1. The summed E-state index contributed by atoms with van der Waals surface area (Å²) < 4.78 is 17.5. The molecule has 1 aromatic heterocycles. The number of hydrogen-bond acceptors (Lipinski definition) is 5. The van der Waals surface area contributed by atoms with Crippen LogP contribution in [0.5, 0.6) is 11.5 Å². The van der Waals surface area contributed by atoms with E-state index in [1.54, 1.807) is 12.1 Å². The zero-order valence-electron chi connectivity index (χ0n) is 20.0. The number of aryl methyl sites for hydroxylation is 2. The van der Waals surface area contributed by atoms with E-state index in [9.17, 15) is 9.90 Å². The summed E-state index contributed by atoms with van der Waals surface area (Å²) in [7, 11) is 0. The van der Waals surface area contributed by atoms with Crippen LogP contribution in [0.4, 0.5) is 0 Å². The summed E-state index contributed by atoms with van der Waals surface area (Å²) in [6.07, 6.45) is 6.16. The van der Waals surface area contributed by atoms with Crippen molar-refractivity contribution in [3.8, 4) is 11.5 Å². The molecule has 0 radical (unpaired) electrons. The van der Waals surface area contributed by atoms with Crippen LogP contribution in [0.25, 0.3) is 0 Å². The van der Waals surface area contributed by atoms with Crippen molar-refractivity contribution in [3.05, 3.63) is 77.0 Å². The average Bonchev–Trinajstić information content (AvgIpc) is 3.22. The fraction of sp³-hybridized carbons (Fsp3) is 0.429. The van der Waals surface area contributed by atoms with Crippen molar-refractivity contribution >= 4 is 5.97 Å². The SMILES string of the molecule is Cc1ccc(OC(Cc2ccc(OCCc3nc(C4CCCCC4)oc3C)cc2)C(=O)O)cc1. The molecule has 6 nitrogen and oxygen atoms in total. The van der Waals surface area contributed by atoms with Crippen molar-refractivity contribution in [2.45, 2.75) is 70.8 Å². The Kier molecular flexibility index (Phi) is 7.88. The molecule has 0 bridgehead atoms. The quantitative estimate of drug-likeness (QED) is 0.395. The van der Waals surface area contributed by atoms with Gasteiger partial charge >= 0.3 is 5.97 Å². The van der Waals surface area contributed by atoms with Crippen LogP contribution in [-0.2, 0) is 17.6 Å². The van der Waals surface area contributed by atoms with E-state index in [2.05, 4.69) is 0 Å². The minimum atomic E-state index is -0.989. The predicted octanol–water partition coefficient (Wildman–Crippen LogP) is 6.04. The summed E-state index contributed by atoms with van der Waals surface area (Å²) in [6, 6.07) is 14.9. The van der Waals surface area contributed by atoms with Gasteiger partial charge in [0.25, 0.3) is 0 Å². The van der Waals surface area contributed by atoms with Crippen LogP contribution in [-0.4, -0.2) is 28.8 Å². The highest BCUT2D eigenvalue weighted by molar-refractivity contribution is 5.73. The molecule has 1 saturated carbocycles. The smallest absolute Gasteiger partial charge is 0.345 e. The van der Waals surface area contributed by atoms with Crippen molar-refractivity contribution in [3.63, 3.8) is 0 Å². The van der Waals surface area contributed by atoms with Gasteiger partial charge in [-0.3, -0.25) is 0 Å². The monoisotopic (exact) mass is 463 g/mol. The molecule has 4 rings (SSSR count). The van der Waals surface area contributed by atoms with Crippen LogP contribution in [0.1, 0.15) is 66.5 Å². The molecule has 1 unspecified atom stereocenters. The minimum absolute atomic E-state index is 0.269. The molecule has 34 heavy (non-hydrogen) atoms. The Balaban J connectivity index is 1.28. The van der Waals surface area contributed by atoms with E-state index in [4.69, 9.17) is 18.9 Å². The highest BCUT2D eigenvalue weighted by Crippen LogP contribution is 2.33. The second-order valence-corrected chi connectivity index (χ2v) is 9.09. The van der Waals surface area contributed by atoms with Crippen molar-refractivity contribution in [2.75, 3.05) is 6.61 Å². The van der Waals surface area contributed by atoms with Crippen molar-refractivity contribution in [1.82, 2.24) is 4.98 Å². The van der Waals surface area contributed by atoms with Crippen LogP contribution in [0, 0.1) is 13.8 Å². The fourth-order valence-corrected chi connectivity index (χ4v) is 4.37. The molecule has 1 aliphatic carbocycles. The fourth-order valence-electron chi connectivity index (χ4n) is 4.37. The minimum Gasteiger partial charge on any atom is -0.493 e. The predicted molar refractivity (Wildman–Crippen MR) is 130 cm³/mol. The lowest BCUT2D eigenvalue weighted by Gasteiger charge is -2.17. The van der Waals surface area contributed by atoms with Crippen LogP contribution in [0.2, 0.25) is 0 Å². The number of nitrogens with zero attached hydrogens (tertiary/aromatic N) is 1. The third kappa shape index (κ3) is 6.40. The van der Waals surface area contributed by atoms with E-state index in [0.717, 1.165) is 34.2 Å². The van der Waals surface area contributed by atoms with Crippen LogP contribution in [0.15, 0.2) is 52.9 Å². The van der Waals surface area contributed by atoms with Gasteiger partial charge in [0.1, 0.15) is 17.3 Å². The second kappa shape index (κ2) is 11.2. The van der Waals surface area contributed by atoms with E-state index in [-0.39, 0.29) is 6.42 Å². The van der Waals surface area contributed by atoms with E-state index >= 15 is 0 Å². The number of ether oxygens (including phenoxy) is 2. The summed E-state index contributed by atoms with van der Waals surface area (Å²) >= 11 is 0. The molecule has 0 amide bonds. The van der Waals surface area contributed by atoms with E-state index < -0.39 is 12.1 Å². The lowest BCUT2D eigenvalue weighted by Crippen LogP contribution is -2.29. The number of benzene rings is 2. The number of rotatable bonds is 10. The lowest BCUT2D eigenvalue weighted by molar-refractivity contribution is -0.145. The Labute approximate surface area is 200 Å². The number of aromatic nitrogens is 1. The Hall–Kier alpha value is -3.28. The number of carboxylic acids is 1. The third-order valence-electron chi connectivity index (χ3n) is 6.39. The largest absolute Gasteiger partial charge is 0.493 e. The molecule has 6 heteroatoms. The first-order valence-electron chi connectivity index (χ1n) is 12.1. The Morgan fingerprint density at radius 3 is 2.38 bits per heavy atom. The maximum Gasteiger partial charge on any atom is 0.345 e. The molecule has 2 aromatic carbocycles. The van der Waals surface area contributed by atoms with E-state index in [1.807, 2.05) is 50.2 Å². The molecule has 3 aromatic rings. The normalized spacial score (nSPS) is 15.1. The summed E-state index contributed by atoms with van der Waals surface area (Å²) in [5.74, 6) is 2.53. The topological polar surface area (TPSA) is 81.8 Å². The molecule has 0 saturated heterocycles. The first-order chi connectivity index (χ1) is 16.5. The molecule has 180 valence electrons. The first-order valence-corrected chi connectivity index (χ1v) is 12.1. The van der Waals surface area contributed by atoms with E-state index in [0.29, 0.717) is 24.7 Å². The van der Waals surface area contributed by atoms with Crippen molar-refractivity contribution < 1.29 is 23.8 Å². The number of aliphatic carboxylic acids is 1. The molecule has 0 aliphatic heterocycles. The van der Waals surface area contributed by atoms with Crippen molar-refractivity contribution in [1.29, 1.82) is 0 Å². The van der Waals surface area contributed by atoms with Crippen LogP contribution < -0.4 is 9.47 Å². The van der Waals surface area contributed by atoms with Gasteiger partial charge in [-0.1, -0.05) is 49.1 Å². The zero-order chi connectivity index (χ0) is 23.9. The van der Waals surface area contributed by atoms with Gasteiger partial charge < -0.3 is 19.0 Å². The van der Waals surface area contributed by atoms with Crippen LogP contribution in [0.3, 0.4) is 0 Å². The average molecular weight is 464 g/mol. The molecular formula is C28H33NO5. The highest BCUT2D eigenvalue weighted by atomic mass is 16.5. The molecule has 1 aliphatic rings. The van der Waals surface area contributed by atoms with Gasteiger partial charge in [0, 0.05) is 18.8 Å². The van der Waals surface area contributed by atoms with Gasteiger partial charge in [0.05, 0.1) is 12.3 Å². The third-order valence-corrected chi connectivity index (χ3v) is 6.39. The van der Waals surface area contributed by atoms with Gasteiger partial charge in [0.2, 0.25) is 0 Å². The van der Waals surface area contributed by atoms with Gasteiger partial charge in [0.15, 0.2) is 12.0 Å². The number of carboxylic acid groups (broad SMARTS) is 1. The molecule has 1 N–H and O–H groups in total. The Morgan fingerprint density at radius 2 is 1.71 bits per heavy atom. The zero-order valence-corrected chi connectivity index (χ0v) is 20.0. The van der Waals surface area contributed by atoms with Gasteiger partial charge in [-0.15, -0.1) is 0 Å². The molecule has 0 spiro atoms. The first kappa shape index (κ1) is 23.9. The Bertz CT molecular complexity index is 1070. The van der Waals surface area contributed by atoms with Gasteiger partial charge in [-0.05, 0) is 56.5 Å². The summed E-state index contributed by atoms with van der Waals surface area (Å²) in [5, 5.41) is 9.57. The maximum absolute atomic E-state index is 11.7. The van der Waals surface area contributed by atoms with Crippen molar-refractivity contribution in [2.24, 2.45) is 0 Å². The standard InChI is InChI=1S/C28H33NO5/c1-19-8-12-24(13-9-19)34-26(28(30)31)18-21-10-14-23(15-11-21)32-17-16-25-20(2)33-27(29-25)22-6-4-3-5-7-22/h8-15,22,26H,3-7,16-18H2,1-2H3,(H,30,31). The summed E-state index contributed by atoms with van der Waals surface area (Å²) in [5.41, 5.74) is 2.93. The highest BCUT2D eigenvalue weighted by Gasteiger charge is 2.22. The molecule has 1 atom stereocenters. The summed E-state index contributed by atoms with van der Waals surface area (Å²) in [4.78, 5) is 16.4. The van der Waals surface area contributed by atoms with Crippen LogP contribution >= 0.6 is 0 Å². The number of hydrogen-bond donors (Lipinski definition) is 1. The lowest BCUT2D eigenvalue weighted by atomic mass is 9.89. The number of carbonyl (C=O) groups is 1. The molecular weight excluding hydrogens is 430 g/mol. The van der Waals surface area contributed by atoms with Gasteiger partial charge in [-0.2, -0.15) is 0 Å². The summed E-state index contributed by atoms with van der Waals surface area (Å²) in [6.45, 7) is 4.45. The van der Waals surface area contributed by atoms with Gasteiger partial charge in [-0.25, -0.2) is 9.78 Å².